The van der Waals surface area contributed by atoms with Gasteiger partial charge in [0.1, 0.15) is 23.9 Å². The van der Waals surface area contributed by atoms with Crippen molar-refractivity contribution in [2.24, 2.45) is 28.1 Å². The standard InChI is InChI=1S/C31H42N8O6/c1-17(2)26(29(43)38-25(30(44)45)15-19-16-36-23-7-4-3-6-21(19)23)39-28(42)24(8-5-13-35-31(33)34)37-27(41)22(32)14-18-9-11-20(40)12-10-18/h3-4,6-7,9-12,16-17,22,24-26,36,40H,5,8,13-15,32H2,1-2H3,(H,37,41)(H,38,43)(H,39,42)(H,44,45)(H4,33,34,35). The van der Waals surface area contributed by atoms with Crippen LogP contribution in [0.2, 0.25) is 0 Å². The second-order valence-corrected chi connectivity index (χ2v) is 11.2. The number of hydrogen-bond acceptors (Lipinski definition) is 7. The van der Waals surface area contributed by atoms with E-state index in [4.69, 9.17) is 17.2 Å². The van der Waals surface area contributed by atoms with Crippen molar-refractivity contribution in [3.8, 4) is 5.75 Å². The molecule has 14 heteroatoms. The molecule has 0 aliphatic heterocycles. The molecule has 0 radical (unpaired) electrons. The van der Waals surface area contributed by atoms with Gasteiger partial charge in [-0.05, 0) is 54.5 Å². The molecule has 0 saturated carbocycles. The van der Waals surface area contributed by atoms with Gasteiger partial charge in [-0.15, -0.1) is 0 Å². The molecule has 4 atom stereocenters. The van der Waals surface area contributed by atoms with Crippen LogP contribution in [0.25, 0.3) is 10.9 Å². The predicted octanol–water partition coefficient (Wildman–Crippen LogP) is 0.235. The zero-order valence-corrected chi connectivity index (χ0v) is 25.3. The summed E-state index contributed by atoms with van der Waals surface area (Å²) in [5.41, 5.74) is 19.2. The first-order valence-electron chi connectivity index (χ1n) is 14.6. The molecule has 0 aliphatic carbocycles. The number of aromatic nitrogens is 1. The van der Waals surface area contributed by atoms with Crippen molar-refractivity contribution in [2.75, 3.05) is 6.54 Å². The summed E-state index contributed by atoms with van der Waals surface area (Å²) in [5.74, 6) is -3.62. The Morgan fingerprint density at radius 2 is 1.56 bits per heavy atom. The predicted molar refractivity (Wildman–Crippen MR) is 170 cm³/mol. The van der Waals surface area contributed by atoms with Gasteiger partial charge in [0.15, 0.2) is 5.96 Å². The van der Waals surface area contributed by atoms with E-state index in [9.17, 15) is 29.4 Å². The lowest BCUT2D eigenvalue weighted by atomic mass is 10.00. The number of benzene rings is 2. The SMILES string of the molecule is CC(C)C(NC(=O)C(CCCN=C(N)N)NC(=O)C(N)Cc1ccc(O)cc1)C(=O)NC(Cc1c[nH]c2ccccc12)C(=O)O. The van der Waals surface area contributed by atoms with Crippen molar-refractivity contribution in [3.63, 3.8) is 0 Å². The third-order valence-corrected chi connectivity index (χ3v) is 7.27. The number of fused-ring (bicyclic) bond motifs is 1. The number of H-pyrrole nitrogens is 1. The smallest absolute Gasteiger partial charge is 0.326 e. The van der Waals surface area contributed by atoms with Gasteiger partial charge in [-0.25, -0.2) is 4.79 Å². The zero-order valence-electron chi connectivity index (χ0n) is 25.3. The molecule has 1 heterocycles. The van der Waals surface area contributed by atoms with Crippen LogP contribution >= 0.6 is 0 Å². The van der Waals surface area contributed by atoms with Crippen LogP contribution < -0.4 is 33.2 Å². The van der Waals surface area contributed by atoms with Gasteiger partial charge >= 0.3 is 5.97 Å². The molecular weight excluding hydrogens is 580 g/mol. The maximum atomic E-state index is 13.5. The zero-order chi connectivity index (χ0) is 33.1. The normalized spacial score (nSPS) is 13.8. The van der Waals surface area contributed by atoms with Crippen molar-refractivity contribution < 1.29 is 29.4 Å². The lowest BCUT2D eigenvalue weighted by Gasteiger charge is -2.27. The summed E-state index contributed by atoms with van der Waals surface area (Å²) in [6.07, 6.45) is 2.33. The summed E-state index contributed by atoms with van der Waals surface area (Å²) in [7, 11) is 0. The number of aliphatic imine (C=N–C) groups is 1. The van der Waals surface area contributed by atoms with Crippen LogP contribution in [-0.4, -0.2) is 75.6 Å². The Labute approximate surface area is 260 Å². The first kappa shape index (κ1) is 34.4. The average molecular weight is 623 g/mol. The number of carbonyl (C=O) groups is 4. The summed E-state index contributed by atoms with van der Waals surface area (Å²) >= 11 is 0. The van der Waals surface area contributed by atoms with E-state index in [-0.39, 0.29) is 37.5 Å². The second kappa shape index (κ2) is 16.1. The first-order chi connectivity index (χ1) is 21.3. The number of guanidine groups is 1. The fourth-order valence-corrected chi connectivity index (χ4v) is 4.80. The van der Waals surface area contributed by atoms with Crippen molar-refractivity contribution in [3.05, 3.63) is 65.9 Å². The van der Waals surface area contributed by atoms with E-state index in [2.05, 4.69) is 25.9 Å². The molecule has 45 heavy (non-hydrogen) atoms. The number of carboxylic acid groups (broad SMARTS) is 1. The summed E-state index contributed by atoms with van der Waals surface area (Å²) in [5, 5.41) is 28.1. The highest BCUT2D eigenvalue weighted by molar-refractivity contribution is 5.94. The monoisotopic (exact) mass is 622 g/mol. The maximum Gasteiger partial charge on any atom is 0.326 e. The molecular formula is C31H42N8O6. The number of aromatic hydroxyl groups is 1. The molecule has 3 aromatic rings. The Balaban J connectivity index is 1.71. The number of carboxylic acids is 1. The highest BCUT2D eigenvalue weighted by Crippen LogP contribution is 2.19. The number of hydrogen-bond donors (Lipinski definition) is 9. The highest BCUT2D eigenvalue weighted by Gasteiger charge is 2.32. The van der Waals surface area contributed by atoms with Gasteiger partial charge in [-0.2, -0.15) is 0 Å². The molecule has 0 spiro atoms. The van der Waals surface area contributed by atoms with Gasteiger partial charge in [-0.3, -0.25) is 19.4 Å². The number of para-hydroxylation sites is 1. The van der Waals surface area contributed by atoms with Gasteiger partial charge < -0.3 is 48.3 Å². The van der Waals surface area contributed by atoms with Gasteiger partial charge in [0, 0.05) is 30.1 Å². The molecule has 0 aliphatic rings. The molecule has 242 valence electrons. The fourth-order valence-electron chi connectivity index (χ4n) is 4.80. The number of phenolic OH excluding ortho intramolecular Hbond substituents is 1. The number of rotatable bonds is 16. The van der Waals surface area contributed by atoms with E-state index in [1.54, 1.807) is 32.2 Å². The quantitative estimate of drug-likeness (QED) is 0.0601. The minimum Gasteiger partial charge on any atom is -0.508 e. The first-order valence-corrected chi connectivity index (χ1v) is 14.6. The van der Waals surface area contributed by atoms with E-state index in [0.717, 1.165) is 16.5 Å². The molecule has 0 saturated heterocycles. The van der Waals surface area contributed by atoms with Gasteiger partial charge in [0.25, 0.3) is 0 Å². The molecule has 2 aromatic carbocycles. The number of phenols is 1. The highest BCUT2D eigenvalue weighted by atomic mass is 16.4. The van der Waals surface area contributed by atoms with Crippen molar-refractivity contribution in [2.45, 2.75) is 63.7 Å². The second-order valence-electron chi connectivity index (χ2n) is 11.2. The maximum absolute atomic E-state index is 13.5. The van der Waals surface area contributed by atoms with Crippen LogP contribution in [0.3, 0.4) is 0 Å². The van der Waals surface area contributed by atoms with Crippen LogP contribution in [-0.2, 0) is 32.0 Å². The van der Waals surface area contributed by atoms with Crippen molar-refractivity contribution in [1.82, 2.24) is 20.9 Å². The van der Waals surface area contributed by atoms with Gasteiger partial charge in [-0.1, -0.05) is 44.2 Å². The molecule has 12 N–H and O–H groups in total. The number of aliphatic carboxylic acids is 1. The minimum atomic E-state index is -1.26. The van der Waals surface area contributed by atoms with Gasteiger partial charge in [0.05, 0.1) is 6.04 Å². The number of nitrogens with two attached hydrogens (primary N) is 3. The Morgan fingerprint density at radius 3 is 2.20 bits per heavy atom. The molecule has 0 bridgehead atoms. The lowest BCUT2D eigenvalue weighted by molar-refractivity contribution is -0.142. The largest absolute Gasteiger partial charge is 0.508 e. The molecule has 3 rings (SSSR count). The third kappa shape index (κ3) is 10.2. The van der Waals surface area contributed by atoms with Crippen LogP contribution in [0.15, 0.2) is 59.7 Å². The van der Waals surface area contributed by atoms with E-state index in [1.807, 2.05) is 24.3 Å². The summed E-state index contributed by atoms with van der Waals surface area (Å²) in [6, 6.07) is 9.18. The van der Waals surface area contributed by atoms with E-state index < -0.39 is 53.8 Å². The molecule has 4 unspecified atom stereocenters. The topological polar surface area (TPSA) is 251 Å². The van der Waals surface area contributed by atoms with E-state index in [0.29, 0.717) is 12.0 Å². The fraction of sp³-hybridized carbons (Fsp3) is 0.387. The van der Waals surface area contributed by atoms with Crippen molar-refractivity contribution in [1.29, 1.82) is 0 Å². The minimum absolute atomic E-state index is 0.0201. The third-order valence-electron chi connectivity index (χ3n) is 7.27. The number of aromatic amines is 1. The number of nitrogens with one attached hydrogen (secondary N) is 4. The van der Waals surface area contributed by atoms with Gasteiger partial charge in [0.2, 0.25) is 17.7 Å². The number of carbonyl (C=O) groups excluding carboxylic acids is 3. The molecule has 3 amide bonds. The summed E-state index contributed by atoms with van der Waals surface area (Å²) in [6.45, 7) is 3.61. The van der Waals surface area contributed by atoms with Crippen LogP contribution in [0.4, 0.5) is 0 Å². The Morgan fingerprint density at radius 1 is 0.889 bits per heavy atom. The Kier molecular flexibility index (Phi) is 12.3. The molecule has 14 nitrogen and oxygen atoms in total. The summed E-state index contributed by atoms with van der Waals surface area (Å²) in [4.78, 5) is 59.0. The number of amides is 3. The van der Waals surface area contributed by atoms with Crippen LogP contribution in [0.1, 0.15) is 37.8 Å². The summed E-state index contributed by atoms with van der Waals surface area (Å²) < 4.78 is 0. The van der Waals surface area contributed by atoms with Crippen LogP contribution in [0.5, 0.6) is 5.75 Å². The molecule has 1 aromatic heterocycles. The van der Waals surface area contributed by atoms with Crippen molar-refractivity contribution >= 4 is 40.6 Å². The van der Waals surface area contributed by atoms with E-state index >= 15 is 0 Å². The lowest BCUT2D eigenvalue weighted by Crippen LogP contribution is -2.58. The van der Waals surface area contributed by atoms with Crippen LogP contribution in [0, 0.1) is 5.92 Å². The average Bonchev–Trinajstić information content (AvgIpc) is 3.40. The Hall–Kier alpha value is -5.11. The Bertz CT molecular complexity index is 1500. The van der Waals surface area contributed by atoms with E-state index in [1.165, 1.54) is 12.1 Å². The number of nitrogens with zero attached hydrogens (tertiary/aromatic N) is 1. The molecule has 0 fully saturated rings.